The number of aromatic nitrogens is 2. The summed E-state index contributed by atoms with van der Waals surface area (Å²) in [5.41, 5.74) is 3.66. The number of hydrogen-bond donors (Lipinski definition) is 1. The molecule has 1 N–H and O–H groups in total. The summed E-state index contributed by atoms with van der Waals surface area (Å²) in [6.45, 7) is 4.16. The van der Waals surface area contributed by atoms with Crippen molar-refractivity contribution in [2.45, 2.75) is 31.7 Å². The number of nitrogens with one attached hydrogen (secondary N) is 1. The van der Waals surface area contributed by atoms with Crippen molar-refractivity contribution in [3.8, 4) is 5.69 Å². The fourth-order valence-corrected chi connectivity index (χ4v) is 4.26. The van der Waals surface area contributed by atoms with Gasteiger partial charge in [0.1, 0.15) is 0 Å². The number of rotatable bonds is 7. The Balaban J connectivity index is 1.62. The molecule has 1 amide bonds. The zero-order chi connectivity index (χ0) is 20.1. The Labute approximate surface area is 165 Å². The van der Waals surface area contributed by atoms with E-state index in [1.165, 1.54) is 12.1 Å². The van der Waals surface area contributed by atoms with E-state index in [-0.39, 0.29) is 23.0 Å². The second kappa shape index (κ2) is 8.39. The van der Waals surface area contributed by atoms with Crippen molar-refractivity contribution in [2.24, 2.45) is 0 Å². The highest BCUT2D eigenvalue weighted by Gasteiger charge is 2.17. The molecule has 0 saturated heterocycles. The number of aryl methyl sites for hydroxylation is 1. The zero-order valence-corrected chi connectivity index (χ0v) is 16.7. The van der Waals surface area contributed by atoms with Gasteiger partial charge in [-0.3, -0.25) is 4.79 Å². The lowest BCUT2D eigenvalue weighted by molar-refractivity contribution is -0.120. The molecule has 0 unspecified atom stereocenters. The van der Waals surface area contributed by atoms with Gasteiger partial charge in [-0.15, -0.1) is 0 Å². The molecule has 3 aromatic rings. The predicted octanol–water partition coefficient (Wildman–Crippen LogP) is 2.97. The van der Waals surface area contributed by atoms with Gasteiger partial charge in [-0.05, 0) is 38.1 Å². The summed E-state index contributed by atoms with van der Waals surface area (Å²) in [5, 5.41) is 7.37. The summed E-state index contributed by atoms with van der Waals surface area (Å²) >= 11 is 0. The van der Waals surface area contributed by atoms with Crippen LogP contribution in [0.25, 0.3) is 5.69 Å². The van der Waals surface area contributed by atoms with Crippen LogP contribution in [0.2, 0.25) is 0 Å². The summed E-state index contributed by atoms with van der Waals surface area (Å²) in [6, 6.07) is 17.9. The molecule has 0 aliphatic rings. The van der Waals surface area contributed by atoms with E-state index in [1.807, 2.05) is 48.9 Å². The third kappa shape index (κ3) is 4.48. The molecule has 3 rings (SSSR count). The topological polar surface area (TPSA) is 81.1 Å². The van der Waals surface area contributed by atoms with Gasteiger partial charge in [0.2, 0.25) is 5.91 Å². The van der Waals surface area contributed by atoms with Gasteiger partial charge in [-0.25, -0.2) is 13.1 Å². The van der Waals surface area contributed by atoms with Gasteiger partial charge < -0.3 is 5.32 Å². The Kier molecular flexibility index (Phi) is 5.94. The van der Waals surface area contributed by atoms with E-state index in [0.717, 1.165) is 22.6 Å². The molecule has 146 valence electrons. The first kappa shape index (κ1) is 19.8. The van der Waals surface area contributed by atoms with Crippen molar-refractivity contribution in [1.29, 1.82) is 0 Å². The van der Waals surface area contributed by atoms with Crippen LogP contribution in [0.4, 0.5) is 0 Å². The molecule has 7 heteroatoms. The van der Waals surface area contributed by atoms with Crippen LogP contribution in [0.1, 0.15) is 23.4 Å². The van der Waals surface area contributed by atoms with E-state index in [1.54, 1.807) is 18.2 Å². The number of nitrogens with zero attached hydrogens (tertiary/aromatic N) is 2. The molecule has 0 spiro atoms. The first-order valence-corrected chi connectivity index (χ1v) is 10.7. The highest BCUT2D eigenvalue weighted by Crippen LogP contribution is 2.18. The molecule has 2 aromatic carbocycles. The molecule has 0 bridgehead atoms. The van der Waals surface area contributed by atoms with E-state index >= 15 is 0 Å². The Hall–Kier alpha value is -2.93. The van der Waals surface area contributed by atoms with Gasteiger partial charge in [0.15, 0.2) is 9.84 Å². The molecule has 0 aliphatic carbocycles. The molecule has 0 radical (unpaired) electrons. The van der Waals surface area contributed by atoms with Crippen molar-refractivity contribution in [3.63, 3.8) is 0 Å². The van der Waals surface area contributed by atoms with Crippen LogP contribution >= 0.6 is 0 Å². The molecule has 0 atom stereocenters. The number of carbonyl (C=O) groups is 1. The quantitative estimate of drug-likeness (QED) is 0.665. The predicted molar refractivity (Wildman–Crippen MR) is 108 cm³/mol. The minimum absolute atomic E-state index is 0.0812. The van der Waals surface area contributed by atoms with Crippen LogP contribution in [-0.4, -0.2) is 29.9 Å². The van der Waals surface area contributed by atoms with Crippen molar-refractivity contribution in [1.82, 2.24) is 15.1 Å². The van der Waals surface area contributed by atoms with Crippen LogP contribution in [0.15, 0.2) is 65.6 Å². The lowest BCUT2D eigenvalue weighted by atomic mass is 10.2. The number of hydrogen-bond acceptors (Lipinski definition) is 4. The van der Waals surface area contributed by atoms with E-state index in [2.05, 4.69) is 10.4 Å². The van der Waals surface area contributed by atoms with Crippen LogP contribution in [0, 0.1) is 13.8 Å². The average molecular weight is 398 g/mol. The van der Waals surface area contributed by atoms with E-state index in [0.29, 0.717) is 6.54 Å². The van der Waals surface area contributed by atoms with Crippen LogP contribution in [0.5, 0.6) is 0 Å². The number of carbonyl (C=O) groups excluding carboxylic acids is 1. The maximum absolute atomic E-state index is 12.3. The van der Waals surface area contributed by atoms with Crippen LogP contribution < -0.4 is 5.32 Å². The highest BCUT2D eigenvalue weighted by molar-refractivity contribution is 7.91. The van der Waals surface area contributed by atoms with Gasteiger partial charge in [-0.1, -0.05) is 36.4 Å². The SMILES string of the molecule is Cc1nn(-c2ccccc2)c(C)c1CNC(=O)CCS(=O)(=O)c1ccccc1. The molecule has 28 heavy (non-hydrogen) atoms. The van der Waals surface area contributed by atoms with Gasteiger partial charge in [0, 0.05) is 24.2 Å². The summed E-state index contributed by atoms with van der Waals surface area (Å²) in [7, 11) is -3.46. The summed E-state index contributed by atoms with van der Waals surface area (Å²) in [6.07, 6.45) is -0.0812. The normalized spacial score (nSPS) is 11.4. The molecular formula is C21H23N3O3S. The van der Waals surface area contributed by atoms with Crippen molar-refractivity contribution >= 4 is 15.7 Å². The van der Waals surface area contributed by atoms with E-state index in [9.17, 15) is 13.2 Å². The Morgan fingerprint density at radius 2 is 1.61 bits per heavy atom. The number of para-hydroxylation sites is 1. The van der Waals surface area contributed by atoms with Gasteiger partial charge in [0.05, 0.1) is 22.0 Å². The van der Waals surface area contributed by atoms with Crippen molar-refractivity contribution in [2.75, 3.05) is 5.75 Å². The van der Waals surface area contributed by atoms with Gasteiger partial charge >= 0.3 is 0 Å². The molecule has 1 heterocycles. The molecule has 1 aromatic heterocycles. The Morgan fingerprint density at radius 3 is 2.25 bits per heavy atom. The second-order valence-electron chi connectivity index (χ2n) is 6.56. The smallest absolute Gasteiger partial charge is 0.221 e. The highest BCUT2D eigenvalue weighted by atomic mass is 32.2. The minimum atomic E-state index is -3.46. The van der Waals surface area contributed by atoms with E-state index in [4.69, 9.17) is 0 Å². The fourth-order valence-electron chi connectivity index (χ4n) is 3.00. The largest absolute Gasteiger partial charge is 0.352 e. The Bertz CT molecular complexity index is 1060. The number of sulfone groups is 1. The molecular weight excluding hydrogens is 374 g/mol. The Morgan fingerprint density at radius 1 is 1.00 bits per heavy atom. The lowest BCUT2D eigenvalue weighted by Crippen LogP contribution is -2.25. The number of benzene rings is 2. The summed E-state index contributed by atoms with van der Waals surface area (Å²) in [4.78, 5) is 12.4. The fraction of sp³-hybridized carbons (Fsp3) is 0.238. The standard InChI is InChI=1S/C21H23N3O3S/c1-16-20(17(2)24(23-16)18-9-5-3-6-10-18)15-22-21(25)13-14-28(26,27)19-11-7-4-8-12-19/h3-12H,13-15H2,1-2H3,(H,22,25). The average Bonchev–Trinajstić information content (AvgIpc) is 3.00. The summed E-state index contributed by atoms with van der Waals surface area (Å²) in [5.74, 6) is -0.518. The summed E-state index contributed by atoms with van der Waals surface area (Å²) < 4.78 is 26.4. The number of amides is 1. The molecule has 0 saturated carbocycles. The first-order valence-electron chi connectivity index (χ1n) is 9.03. The van der Waals surface area contributed by atoms with Crippen LogP contribution in [-0.2, 0) is 21.2 Å². The molecule has 6 nitrogen and oxygen atoms in total. The first-order chi connectivity index (χ1) is 13.4. The lowest BCUT2D eigenvalue weighted by Gasteiger charge is -2.08. The van der Waals surface area contributed by atoms with Crippen LogP contribution in [0.3, 0.4) is 0 Å². The van der Waals surface area contributed by atoms with Crippen molar-refractivity contribution in [3.05, 3.63) is 77.6 Å². The monoisotopic (exact) mass is 397 g/mol. The van der Waals surface area contributed by atoms with Crippen molar-refractivity contribution < 1.29 is 13.2 Å². The van der Waals surface area contributed by atoms with Gasteiger partial charge in [-0.2, -0.15) is 5.10 Å². The molecule has 0 fully saturated rings. The third-order valence-corrected chi connectivity index (χ3v) is 6.34. The van der Waals surface area contributed by atoms with E-state index < -0.39 is 9.84 Å². The maximum atomic E-state index is 12.3. The maximum Gasteiger partial charge on any atom is 0.221 e. The third-order valence-electron chi connectivity index (χ3n) is 4.60. The minimum Gasteiger partial charge on any atom is -0.352 e. The second-order valence-corrected chi connectivity index (χ2v) is 8.66. The zero-order valence-electron chi connectivity index (χ0n) is 15.9. The van der Waals surface area contributed by atoms with Gasteiger partial charge in [0.25, 0.3) is 0 Å². The molecule has 0 aliphatic heterocycles.